The lowest BCUT2D eigenvalue weighted by Crippen LogP contribution is -2.54. The first kappa shape index (κ1) is 18.0. The highest BCUT2D eigenvalue weighted by atomic mass is 32.2. The topological polar surface area (TPSA) is 125 Å². The number of hydrogen-bond acceptors (Lipinski definition) is 8. The molecule has 1 unspecified atom stereocenters. The number of carbonyl (C=O) groups excluding carboxylic acids is 2. The van der Waals surface area contributed by atoms with Gasteiger partial charge in [0, 0.05) is 11.8 Å². The second-order valence-electron chi connectivity index (χ2n) is 5.42. The maximum atomic E-state index is 12.4. The van der Waals surface area contributed by atoms with Gasteiger partial charge in [0.25, 0.3) is 5.91 Å². The Labute approximate surface area is 138 Å². The highest BCUT2D eigenvalue weighted by Gasteiger charge is 2.48. The summed E-state index contributed by atoms with van der Waals surface area (Å²) in [4.78, 5) is 23.9. The number of carbonyl (C=O) groups is 2. The van der Waals surface area contributed by atoms with Gasteiger partial charge in [0.15, 0.2) is 15.4 Å². The summed E-state index contributed by atoms with van der Waals surface area (Å²) in [7, 11) is -2.18. The molecule has 0 bridgehead atoms. The summed E-state index contributed by atoms with van der Waals surface area (Å²) in [6.07, 6.45) is 1.08. The van der Waals surface area contributed by atoms with Crippen LogP contribution in [0.3, 0.4) is 0 Å². The minimum absolute atomic E-state index is 0.112. The van der Waals surface area contributed by atoms with E-state index in [4.69, 9.17) is 0 Å². The van der Waals surface area contributed by atoms with Gasteiger partial charge in [-0.25, -0.2) is 13.4 Å². The Bertz CT molecular complexity index is 802. The van der Waals surface area contributed by atoms with E-state index in [0.717, 1.165) is 11.3 Å². The Hall–Kier alpha value is -2.30. The zero-order valence-electron chi connectivity index (χ0n) is 13.3. The van der Waals surface area contributed by atoms with E-state index in [2.05, 4.69) is 9.84 Å². The first-order valence-electron chi connectivity index (χ1n) is 6.83. The Kier molecular flexibility index (Phi) is 4.74. The molecule has 0 spiro atoms. The van der Waals surface area contributed by atoms with Crippen LogP contribution >= 0.6 is 0 Å². The number of esters is 1. The highest BCUT2D eigenvalue weighted by Crippen LogP contribution is 2.25. The molecule has 1 amide bonds. The molecule has 1 aromatic carbocycles. The van der Waals surface area contributed by atoms with Gasteiger partial charge in [0.2, 0.25) is 0 Å². The van der Waals surface area contributed by atoms with Gasteiger partial charge in [0.05, 0.1) is 17.7 Å². The van der Waals surface area contributed by atoms with E-state index in [-0.39, 0.29) is 10.6 Å². The van der Waals surface area contributed by atoms with E-state index in [1.807, 2.05) is 5.48 Å². The number of hydrogen-bond donors (Lipinski definition) is 2. The van der Waals surface area contributed by atoms with E-state index < -0.39 is 33.8 Å². The van der Waals surface area contributed by atoms with Gasteiger partial charge in [-0.05, 0) is 19.1 Å². The molecule has 1 atom stereocenters. The molecular formula is C14H17N3O6S. The summed E-state index contributed by atoms with van der Waals surface area (Å²) in [6.45, 7) is 0.993. The van der Waals surface area contributed by atoms with E-state index in [1.165, 1.54) is 38.3 Å². The van der Waals surface area contributed by atoms with Crippen LogP contribution < -0.4 is 5.48 Å². The zero-order chi connectivity index (χ0) is 18.1. The Morgan fingerprint density at radius 2 is 1.96 bits per heavy atom. The van der Waals surface area contributed by atoms with Crippen LogP contribution in [-0.2, 0) is 24.2 Å². The smallest absolute Gasteiger partial charge is 0.327 e. The van der Waals surface area contributed by atoms with Crippen LogP contribution in [0.5, 0.6) is 0 Å². The minimum Gasteiger partial charge on any atom is -0.468 e. The van der Waals surface area contributed by atoms with Crippen molar-refractivity contribution >= 4 is 27.4 Å². The van der Waals surface area contributed by atoms with Crippen molar-refractivity contribution in [2.75, 3.05) is 19.9 Å². The number of nitrogens with zero attached hydrogens (tertiary/aromatic N) is 2. The number of nitrogens with one attached hydrogen (secondary N) is 1. The minimum atomic E-state index is -3.36. The highest BCUT2D eigenvalue weighted by molar-refractivity contribution is 7.90. The van der Waals surface area contributed by atoms with Crippen LogP contribution in [0.4, 0.5) is 0 Å². The fourth-order valence-corrected chi connectivity index (χ4v) is 2.86. The summed E-state index contributed by atoms with van der Waals surface area (Å²) >= 11 is 0. The number of sulfone groups is 1. The second-order valence-corrected chi connectivity index (χ2v) is 7.44. The Balaban J connectivity index is 2.43. The Morgan fingerprint density at radius 3 is 2.42 bits per heavy atom. The molecule has 24 heavy (non-hydrogen) atoms. The molecule has 130 valence electrons. The third-order valence-corrected chi connectivity index (χ3v) is 4.77. The molecule has 0 aromatic heterocycles. The van der Waals surface area contributed by atoms with Crippen LogP contribution in [0.25, 0.3) is 0 Å². The van der Waals surface area contributed by atoms with Gasteiger partial charge in [-0.15, -0.1) is 0 Å². The lowest BCUT2D eigenvalue weighted by atomic mass is 9.91. The Morgan fingerprint density at radius 1 is 1.38 bits per heavy atom. The summed E-state index contributed by atoms with van der Waals surface area (Å²) in [6, 6.07) is 5.69. The van der Waals surface area contributed by atoms with Gasteiger partial charge < -0.3 is 9.94 Å². The first-order chi connectivity index (χ1) is 11.1. The molecule has 1 aliphatic heterocycles. The van der Waals surface area contributed by atoms with Crippen molar-refractivity contribution in [2.45, 2.75) is 17.4 Å². The van der Waals surface area contributed by atoms with Crippen molar-refractivity contribution < 1.29 is 28.0 Å². The van der Waals surface area contributed by atoms with Crippen LogP contribution in [0, 0.1) is 0 Å². The van der Waals surface area contributed by atoms with E-state index in [0.29, 0.717) is 5.56 Å². The third-order valence-electron chi connectivity index (χ3n) is 3.64. The van der Waals surface area contributed by atoms with Gasteiger partial charge >= 0.3 is 5.97 Å². The number of hydroxylamine groups is 1. The van der Waals surface area contributed by atoms with E-state index in [9.17, 15) is 23.2 Å². The summed E-state index contributed by atoms with van der Waals surface area (Å²) in [5, 5.41) is 14.4. The lowest BCUT2D eigenvalue weighted by molar-refractivity contribution is -0.148. The molecule has 9 nitrogen and oxygen atoms in total. The fraction of sp³-hybridized carbons (Fsp3) is 0.357. The van der Waals surface area contributed by atoms with Crippen molar-refractivity contribution in [1.82, 2.24) is 10.5 Å². The molecule has 0 saturated carbocycles. The molecular weight excluding hydrogens is 338 g/mol. The molecule has 2 N–H and O–H groups in total. The molecule has 1 aliphatic rings. The van der Waals surface area contributed by atoms with Gasteiger partial charge in [-0.1, -0.05) is 12.1 Å². The second kappa shape index (κ2) is 6.30. The summed E-state index contributed by atoms with van der Waals surface area (Å²) in [5.74, 6) is -1.31. The van der Waals surface area contributed by atoms with Gasteiger partial charge in [0.1, 0.15) is 6.54 Å². The molecule has 1 aromatic rings. The molecule has 10 heteroatoms. The van der Waals surface area contributed by atoms with Gasteiger partial charge in [-0.2, -0.15) is 10.6 Å². The summed E-state index contributed by atoms with van der Waals surface area (Å²) < 4.78 is 27.5. The average molecular weight is 355 g/mol. The maximum absolute atomic E-state index is 12.4. The summed E-state index contributed by atoms with van der Waals surface area (Å²) in [5.41, 5.74) is 0.919. The third kappa shape index (κ3) is 3.16. The van der Waals surface area contributed by atoms with Gasteiger partial charge in [-0.3, -0.25) is 9.59 Å². The number of methoxy groups -OCH3 is 1. The number of benzene rings is 1. The predicted molar refractivity (Wildman–Crippen MR) is 83.1 cm³/mol. The molecule has 2 rings (SSSR count). The SMILES string of the molecule is COC(=O)CN1N=C(c2ccc(S(C)(=O)=O)cc2)C(C)(NO)C1=O. The largest absolute Gasteiger partial charge is 0.468 e. The zero-order valence-corrected chi connectivity index (χ0v) is 14.1. The van der Waals surface area contributed by atoms with Crippen molar-refractivity contribution in [1.29, 1.82) is 0 Å². The lowest BCUT2D eigenvalue weighted by Gasteiger charge is -2.22. The van der Waals surface area contributed by atoms with Crippen LogP contribution in [0.15, 0.2) is 34.3 Å². The quantitative estimate of drug-likeness (QED) is 0.541. The molecule has 0 saturated heterocycles. The number of hydrazone groups is 1. The van der Waals surface area contributed by atoms with Crippen molar-refractivity contribution in [2.24, 2.45) is 5.10 Å². The number of rotatable bonds is 5. The number of ether oxygens (including phenoxy) is 1. The van der Waals surface area contributed by atoms with Crippen molar-refractivity contribution in [3.63, 3.8) is 0 Å². The van der Waals surface area contributed by atoms with Crippen molar-refractivity contribution in [3.05, 3.63) is 29.8 Å². The predicted octanol–water partition coefficient (Wildman–Crippen LogP) is -0.453. The van der Waals surface area contributed by atoms with Crippen LogP contribution in [0.1, 0.15) is 12.5 Å². The van der Waals surface area contributed by atoms with Crippen LogP contribution in [0.2, 0.25) is 0 Å². The number of amides is 1. The fourth-order valence-electron chi connectivity index (χ4n) is 2.23. The van der Waals surface area contributed by atoms with E-state index in [1.54, 1.807) is 0 Å². The van der Waals surface area contributed by atoms with Crippen molar-refractivity contribution in [3.8, 4) is 0 Å². The first-order valence-corrected chi connectivity index (χ1v) is 8.72. The molecule has 0 aliphatic carbocycles. The molecule has 0 radical (unpaired) electrons. The van der Waals surface area contributed by atoms with E-state index >= 15 is 0 Å². The monoisotopic (exact) mass is 355 g/mol. The standard InChI is InChI=1S/C14H17N3O6S/c1-14(16-20)12(15-17(13(14)19)8-11(18)23-2)9-4-6-10(7-5-9)24(3,21)22/h4-7,16,20H,8H2,1-3H3. The normalized spacial score (nSPS) is 20.9. The molecule has 1 heterocycles. The van der Waals surface area contributed by atoms with Crippen LogP contribution in [-0.4, -0.2) is 61.7 Å². The molecule has 0 fully saturated rings. The average Bonchev–Trinajstić information content (AvgIpc) is 2.79. The maximum Gasteiger partial charge on any atom is 0.327 e.